The number of hydrogen-bond donors (Lipinski definition) is 1. The first-order valence-electron chi connectivity index (χ1n) is 12.7. The van der Waals surface area contributed by atoms with Crippen LogP contribution >= 0.6 is 0 Å². The summed E-state index contributed by atoms with van der Waals surface area (Å²) in [5, 5.41) is 11.0. The Hall–Kier alpha value is -1.18. The Morgan fingerprint density at radius 2 is 1.31 bits per heavy atom. The van der Waals surface area contributed by atoms with E-state index in [-0.39, 0.29) is 6.10 Å². The molecule has 0 aromatic heterocycles. The first-order valence-corrected chi connectivity index (χ1v) is 12.7. The normalized spacial score (nSPS) is 15.0. The summed E-state index contributed by atoms with van der Waals surface area (Å²) in [7, 11) is 0. The van der Waals surface area contributed by atoms with Gasteiger partial charge in [0.15, 0.2) is 11.5 Å². The molecular formula is C27H46O2. The molecule has 2 heteroatoms. The average molecular weight is 403 g/mol. The van der Waals surface area contributed by atoms with Gasteiger partial charge in [0, 0.05) is 5.56 Å². The van der Waals surface area contributed by atoms with Crippen molar-refractivity contribution in [3.63, 3.8) is 0 Å². The smallest absolute Gasteiger partial charge is 0.164 e. The molecule has 1 aromatic rings. The Bertz CT molecular complexity index is 572. The maximum absolute atomic E-state index is 11.0. The largest absolute Gasteiger partial charge is 0.504 e. The van der Waals surface area contributed by atoms with Gasteiger partial charge in [0.05, 0.1) is 6.10 Å². The van der Waals surface area contributed by atoms with E-state index in [0.29, 0.717) is 5.75 Å². The van der Waals surface area contributed by atoms with Crippen LogP contribution in [0.2, 0.25) is 0 Å². The molecule has 0 bridgehead atoms. The number of phenolic OH excluding ortho intramolecular Hbond substituents is 1. The topological polar surface area (TPSA) is 29.5 Å². The van der Waals surface area contributed by atoms with Crippen molar-refractivity contribution < 1.29 is 9.84 Å². The standard InChI is InChI=1S/C27H46O2/c1-4-7-11-16-22-21-26(28)27(29-23-17-14-10-15-18-23)25(20-13-9-6-3)24(22)19-12-8-5-2/h21,23,28H,4-20H2,1-3H3. The summed E-state index contributed by atoms with van der Waals surface area (Å²) >= 11 is 0. The molecule has 0 atom stereocenters. The van der Waals surface area contributed by atoms with Crippen LogP contribution in [0.4, 0.5) is 0 Å². The molecule has 1 aliphatic carbocycles. The Labute approximate surface area is 180 Å². The number of benzene rings is 1. The van der Waals surface area contributed by atoms with Gasteiger partial charge in [-0.3, -0.25) is 0 Å². The van der Waals surface area contributed by atoms with Crippen molar-refractivity contribution in [1.82, 2.24) is 0 Å². The van der Waals surface area contributed by atoms with Crippen molar-refractivity contribution in [1.29, 1.82) is 0 Å². The number of rotatable bonds is 14. The van der Waals surface area contributed by atoms with Crippen LogP contribution in [0.1, 0.15) is 127 Å². The molecule has 0 radical (unpaired) electrons. The molecule has 0 spiro atoms. The Balaban J connectivity index is 2.34. The lowest BCUT2D eigenvalue weighted by atomic mass is 9.89. The summed E-state index contributed by atoms with van der Waals surface area (Å²) in [6, 6.07) is 2.05. The van der Waals surface area contributed by atoms with Crippen LogP contribution in [-0.2, 0) is 19.3 Å². The van der Waals surface area contributed by atoms with Crippen molar-refractivity contribution in [2.24, 2.45) is 0 Å². The molecule has 0 unspecified atom stereocenters. The number of aromatic hydroxyl groups is 1. The van der Waals surface area contributed by atoms with Crippen molar-refractivity contribution in [2.75, 3.05) is 0 Å². The molecule has 1 aliphatic rings. The Morgan fingerprint density at radius 3 is 1.90 bits per heavy atom. The molecule has 166 valence electrons. The third-order valence-corrected chi connectivity index (χ3v) is 6.52. The van der Waals surface area contributed by atoms with Crippen molar-refractivity contribution in [3.05, 3.63) is 22.8 Å². The first kappa shape index (κ1) is 24.1. The summed E-state index contributed by atoms with van der Waals surface area (Å²) in [6.07, 6.45) is 20.8. The zero-order valence-corrected chi connectivity index (χ0v) is 19.5. The third-order valence-electron chi connectivity index (χ3n) is 6.52. The van der Waals surface area contributed by atoms with Crippen molar-refractivity contribution >= 4 is 0 Å². The van der Waals surface area contributed by atoms with E-state index in [4.69, 9.17) is 4.74 Å². The molecule has 1 fully saturated rings. The molecular weight excluding hydrogens is 356 g/mol. The van der Waals surface area contributed by atoms with Gasteiger partial charge in [-0.2, -0.15) is 0 Å². The van der Waals surface area contributed by atoms with Crippen LogP contribution < -0.4 is 4.74 Å². The fourth-order valence-electron chi connectivity index (χ4n) is 4.75. The number of aryl methyl sites for hydroxylation is 1. The fraction of sp³-hybridized carbons (Fsp3) is 0.778. The Kier molecular flexibility index (Phi) is 11.6. The average Bonchev–Trinajstić information content (AvgIpc) is 2.73. The van der Waals surface area contributed by atoms with E-state index in [1.165, 1.54) is 93.7 Å². The van der Waals surface area contributed by atoms with E-state index in [0.717, 1.165) is 37.9 Å². The molecule has 0 heterocycles. The summed E-state index contributed by atoms with van der Waals surface area (Å²) in [5.74, 6) is 1.23. The minimum Gasteiger partial charge on any atom is -0.504 e. The highest BCUT2D eigenvalue weighted by Crippen LogP contribution is 2.40. The second-order valence-electron chi connectivity index (χ2n) is 9.09. The predicted molar refractivity (Wildman–Crippen MR) is 125 cm³/mol. The summed E-state index contributed by atoms with van der Waals surface area (Å²) in [5.41, 5.74) is 4.23. The highest BCUT2D eigenvalue weighted by Gasteiger charge is 2.23. The first-order chi connectivity index (χ1) is 14.2. The van der Waals surface area contributed by atoms with E-state index in [9.17, 15) is 5.11 Å². The molecule has 0 aliphatic heterocycles. The van der Waals surface area contributed by atoms with Gasteiger partial charge in [-0.15, -0.1) is 0 Å². The number of ether oxygens (including phenoxy) is 1. The molecule has 1 aromatic carbocycles. The van der Waals surface area contributed by atoms with Gasteiger partial charge in [0.25, 0.3) is 0 Å². The maximum Gasteiger partial charge on any atom is 0.164 e. The second-order valence-corrected chi connectivity index (χ2v) is 9.09. The van der Waals surface area contributed by atoms with Crippen LogP contribution in [-0.4, -0.2) is 11.2 Å². The fourth-order valence-corrected chi connectivity index (χ4v) is 4.75. The van der Waals surface area contributed by atoms with Gasteiger partial charge in [-0.25, -0.2) is 0 Å². The van der Waals surface area contributed by atoms with Crippen LogP contribution in [0.3, 0.4) is 0 Å². The van der Waals surface area contributed by atoms with Gasteiger partial charge in [-0.05, 0) is 81.4 Å². The van der Waals surface area contributed by atoms with E-state index < -0.39 is 0 Å². The summed E-state index contributed by atoms with van der Waals surface area (Å²) in [4.78, 5) is 0. The van der Waals surface area contributed by atoms with Gasteiger partial charge >= 0.3 is 0 Å². The lowest BCUT2D eigenvalue weighted by molar-refractivity contribution is 0.148. The zero-order chi connectivity index (χ0) is 20.9. The third kappa shape index (κ3) is 7.87. The SMILES string of the molecule is CCCCCc1cc(O)c(OC2CCCCC2)c(CCCCC)c1CCCCC. The number of phenols is 1. The molecule has 29 heavy (non-hydrogen) atoms. The molecule has 2 rings (SSSR count). The maximum atomic E-state index is 11.0. The van der Waals surface area contributed by atoms with Crippen molar-refractivity contribution in [2.45, 2.75) is 136 Å². The minimum atomic E-state index is 0.286. The summed E-state index contributed by atoms with van der Waals surface area (Å²) < 4.78 is 6.53. The van der Waals surface area contributed by atoms with Crippen LogP contribution in [0, 0.1) is 0 Å². The van der Waals surface area contributed by atoms with Gasteiger partial charge in [0.2, 0.25) is 0 Å². The van der Waals surface area contributed by atoms with E-state index in [1.54, 1.807) is 0 Å². The Morgan fingerprint density at radius 1 is 0.759 bits per heavy atom. The highest BCUT2D eigenvalue weighted by atomic mass is 16.5. The van der Waals surface area contributed by atoms with E-state index >= 15 is 0 Å². The zero-order valence-electron chi connectivity index (χ0n) is 19.5. The van der Waals surface area contributed by atoms with E-state index in [1.807, 2.05) is 0 Å². The molecule has 1 N–H and O–H groups in total. The van der Waals surface area contributed by atoms with Crippen LogP contribution in [0.25, 0.3) is 0 Å². The van der Waals surface area contributed by atoms with Gasteiger partial charge in [-0.1, -0.05) is 65.7 Å². The molecule has 0 amide bonds. The molecule has 1 saturated carbocycles. The summed E-state index contributed by atoms with van der Waals surface area (Å²) in [6.45, 7) is 6.80. The monoisotopic (exact) mass is 402 g/mol. The molecule has 2 nitrogen and oxygen atoms in total. The second kappa shape index (κ2) is 13.9. The van der Waals surface area contributed by atoms with Gasteiger partial charge < -0.3 is 9.84 Å². The van der Waals surface area contributed by atoms with Crippen molar-refractivity contribution in [3.8, 4) is 11.5 Å². The van der Waals surface area contributed by atoms with Crippen LogP contribution in [0.15, 0.2) is 6.07 Å². The quantitative estimate of drug-likeness (QED) is 0.317. The van der Waals surface area contributed by atoms with Crippen LogP contribution in [0.5, 0.6) is 11.5 Å². The number of unbranched alkanes of at least 4 members (excludes halogenated alkanes) is 6. The molecule has 0 saturated heterocycles. The van der Waals surface area contributed by atoms with Gasteiger partial charge in [0.1, 0.15) is 0 Å². The minimum absolute atomic E-state index is 0.286. The lowest BCUT2D eigenvalue weighted by Crippen LogP contribution is -2.21. The highest BCUT2D eigenvalue weighted by molar-refractivity contribution is 5.54. The lowest BCUT2D eigenvalue weighted by Gasteiger charge is -2.27. The van der Waals surface area contributed by atoms with E-state index in [2.05, 4.69) is 26.8 Å². The number of hydrogen-bond acceptors (Lipinski definition) is 2. The predicted octanol–water partition coefficient (Wildman–Crippen LogP) is 8.30.